The molecule has 0 fully saturated rings. The van der Waals surface area contributed by atoms with E-state index in [0.717, 1.165) is 5.57 Å². The van der Waals surface area contributed by atoms with Gasteiger partial charge < -0.3 is 5.73 Å². The van der Waals surface area contributed by atoms with Crippen LogP contribution in [-0.4, -0.2) is 26.5 Å². The standard InChI is InChI=1S/C8H17NO2S/c1-3-8(2)7-12(10,11)6-4-5-9/h3H,4-7,9H2,1-2H3/b8-3+. The van der Waals surface area contributed by atoms with Gasteiger partial charge in [0, 0.05) is 0 Å². The third-order valence-electron chi connectivity index (χ3n) is 1.60. The van der Waals surface area contributed by atoms with Gasteiger partial charge in [-0.2, -0.15) is 0 Å². The van der Waals surface area contributed by atoms with E-state index in [-0.39, 0.29) is 11.5 Å². The first-order valence-electron chi connectivity index (χ1n) is 4.04. The molecule has 0 radical (unpaired) electrons. The zero-order valence-electron chi connectivity index (χ0n) is 7.71. The van der Waals surface area contributed by atoms with Gasteiger partial charge in [0.2, 0.25) is 0 Å². The molecule has 0 aromatic heterocycles. The third kappa shape index (κ3) is 5.32. The number of allylic oxidation sites excluding steroid dienone is 1. The second kappa shape index (κ2) is 5.32. The lowest BCUT2D eigenvalue weighted by Gasteiger charge is -2.02. The minimum absolute atomic E-state index is 0.170. The fraction of sp³-hybridized carbons (Fsp3) is 0.750. The van der Waals surface area contributed by atoms with E-state index in [2.05, 4.69) is 0 Å². The minimum Gasteiger partial charge on any atom is -0.330 e. The molecule has 0 aliphatic heterocycles. The fourth-order valence-corrected chi connectivity index (χ4v) is 2.42. The van der Waals surface area contributed by atoms with Gasteiger partial charge in [-0.25, -0.2) is 8.42 Å². The Hall–Kier alpha value is -0.350. The summed E-state index contributed by atoms with van der Waals surface area (Å²) in [5.74, 6) is 0.373. The molecular weight excluding hydrogens is 174 g/mol. The van der Waals surface area contributed by atoms with E-state index in [9.17, 15) is 8.42 Å². The van der Waals surface area contributed by atoms with E-state index in [4.69, 9.17) is 5.73 Å². The van der Waals surface area contributed by atoms with Crippen molar-refractivity contribution >= 4 is 9.84 Å². The van der Waals surface area contributed by atoms with E-state index in [1.165, 1.54) is 0 Å². The average Bonchev–Trinajstić information content (AvgIpc) is 2.00. The van der Waals surface area contributed by atoms with Crippen LogP contribution in [0.2, 0.25) is 0 Å². The van der Waals surface area contributed by atoms with Crippen molar-refractivity contribution in [3.8, 4) is 0 Å². The first-order valence-corrected chi connectivity index (χ1v) is 5.86. The molecule has 0 rings (SSSR count). The van der Waals surface area contributed by atoms with Gasteiger partial charge in [-0.3, -0.25) is 0 Å². The Morgan fingerprint density at radius 1 is 1.50 bits per heavy atom. The molecule has 72 valence electrons. The molecule has 0 aromatic rings. The van der Waals surface area contributed by atoms with E-state index < -0.39 is 9.84 Å². The molecule has 0 heterocycles. The number of sulfone groups is 1. The fourth-order valence-electron chi connectivity index (χ4n) is 0.806. The molecule has 0 amide bonds. The number of rotatable bonds is 5. The summed E-state index contributed by atoms with van der Waals surface area (Å²) in [7, 11) is -2.90. The highest BCUT2D eigenvalue weighted by Crippen LogP contribution is 2.01. The van der Waals surface area contributed by atoms with Crippen molar-refractivity contribution in [1.29, 1.82) is 0 Å². The summed E-state index contributed by atoms with van der Waals surface area (Å²) in [6.45, 7) is 4.10. The van der Waals surface area contributed by atoms with Gasteiger partial charge in [0.25, 0.3) is 0 Å². The monoisotopic (exact) mass is 191 g/mol. The van der Waals surface area contributed by atoms with Crippen LogP contribution in [0.15, 0.2) is 11.6 Å². The van der Waals surface area contributed by atoms with Gasteiger partial charge in [-0.15, -0.1) is 0 Å². The third-order valence-corrected chi connectivity index (χ3v) is 3.41. The van der Waals surface area contributed by atoms with Crippen LogP contribution in [-0.2, 0) is 9.84 Å². The number of hydrogen-bond donors (Lipinski definition) is 1. The molecule has 4 heteroatoms. The molecule has 0 unspecified atom stereocenters. The SMILES string of the molecule is C/C=C(\C)CS(=O)(=O)CCCN. The summed E-state index contributed by atoms with van der Waals surface area (Å²) in [4.78, 5) is 0. The second-order valence-corrected chi connectivity index (χ2v) is 5.05. The van der Waals surface area contributed by atoms with E-state index >= 15 is 0 Å². The van der Waals surface area contributed by atoms with Crippen molar-refractivity contribution in [3.05, 3.63) is 11.6 Å². The smallest absolute Gasteiger partial charge is 0.154 e. The van der Waals surface area contributed by atoms with Crippen molar-refractivity contribution in [2.45, 2.75) is 20.3 Å². The molecule has 12 heavy (non-hydrogen) atoms. The van der Waals surface area contributed by atoms with Gasteiger partial charge in [-0.05, 0) is 26.8 Å². The molecule has 0 aromatic carbocycles. The molecule has 3 nitrogen and oxygen atoms in total. The van der Waals surface area contributed by atoms with Crippen LogP contribution in [0.3, 0.4) is 0 Å². The van der Waals surface area contributed by atoms with Gasteiger partial charge in [0.1, 0.15) is 0 Å². The largest absolute Gasteiger partial charge is 0.330 e. The van der Waals surface area contributed by atoms with E-state index in [0.29, 0.717) is 13.0 Å². The summed E-state index contributed by atoms with van der Waals surface area (Å²) in [6, 6.07) is 0. The summed E-state index contributed by atoms with van der Waals surface area (Å²) < 4.78 is 22.5. The van der Waals surface area contributed by atoms with Crippen LogP contribution in [0.1, 0.15) is 20.3 Å². The minimum atomic E-state index is -2.90. The molecule has 0 saturated heterocycles. The Balaban J connectivity index is 4.06. The predicted molar refractivity (Wildman–Crippen MR) is 51.8 cm³/mol. The first-order chi connectivity index (χ1) is 5.52. The molecule has 0 aliphatic rings. The Kier molecular flexibility index (Phi) is 5.17. The molecule has 0 saturated carbocycles. The van der Waals surface area contributed by atoms with Crippen LogP contribution in [0.5, 0.6) is 0 Å². The number of nitrogens with two attached hydrogens (primary N) is 1. The zero-order valence-corrected chi connectivity index (χ0v) is 8.52. The number of hydrogen-bond acceptors (Lipinski definition) is 3. The summed E-state index contributed by atoms with van der Waals surface area (Å²) in [5, 5.41) is 0. The molecule has 0 atom stereocenters. The molecule has 2 N–H and O–H groups in total. The van der Waals surface area contributed by atoms with Crippen LogP contribution >= 0.6 is 0 Å². The Morgan fingerprint density at radius 2 is 2.08 bits per heavy atom. The molecule has 0 bridgehead atoms. The normalized spacial score (nSPS) is 13.4. The topological polar surface area (TPSA) is 60.2 Å². The lowest BCUT2D eigenvalue weighted by Crippen LogP contribution is -2.15. The lowest BCUT2D eigenvalue weighted by atomic mass is 10.3. The van der Waals surface area contributed by atoms with Crippen molar-refractivity contribution in [2.75, 3.05) is 18.1 Å². The Bertz CT molecular complexity index is 242. The van der Waals surface area contributed by atoms with Crippen molar-refractivity contribution in [3.63, 3.8) is 0 Å². The van der Waals surface area contributed by atoms with Gasteiger partial charge >= 0.3 is 0 Å². The van der Waals surface area contributed by atoms with E-state index in [1.807, 2.05) is 19.9 Å². The summed E-state index contributed by atoms with van der Waals surface area (Å²) in [5.41, 5.74) is 6.12. The maximum absolute atomic E-state index is 11.3. The van der Waals surface area contributed by atoms with Crippen molar-refractivity contribution in [1.82, 2.24) is 0 Å². The van der Waals surface area contributed by atoms with Crippen LogP contribution in [0.25, 0.3) is 0 Å². The average molecular weight is 191 g/mol. The summed E-state index contributed by atoms with van der Waals surface area (Å²) in [6.07, 6.45) is 2.37. The summed E-state index contributed by atoms with van der Waals surface area (Å²) >= 11 is 0. The maximum Gasteiger partial charge on any atom is 0.154 e. The Labute approximate surface area is 74.6 Å². The molecule has 0 aliphatic carbocycles. The van der Waals surface area contributed by atoms with Gasteiger partial charge in [0.15, 0.2) is 9.84 Å². The highest BCUT2D eigenvalue weighted by atomic mass is 32.2. The van der Waals surface area contributed by atoms with Crippen LogP contribution in [0.4, 0.5) is 0 Å². The highest BCUT2D eigenvalue weighted by molar-refractivity contribution is 7.91. The van der Waals surface area contributed by atoms with E-state index in [1.54, 1.807) is 0 Å². The van der Waals surface area contributed by atoms with Crippen LogP contribution in [0, 0.1) is 0 Å². The predicted octanol–water partition coefficient (Wildman–Crippen LogP) is 0.716. The molecular formula is C8H17NO2S. The Morgan fingerprint density at radius 3 is 2.50 bits per heavy atom. The first kappa shape index (κ1) is 11.6. The van der Waals surface area contributed by atoms with Crippen molar-refractivity contribution in [2.24, 2.45) is 5.73 Å². The van der Waals surface area contributed by atoms with Gasteiger partial charge in [-0.1, -0.05) is 11.6 Å². The maximum atomic E-state index is 11.3. The van der Waals surface area contributed by atoms with Crippen molar-refractivity contribution < 1.29 is 8.42 Å². The lowest BCUT2D eigenvalue weighted by molar-refractivity contribution is 0.595. The quantitative estimate of drug-likeness (QED) is 0.651. The van der Waals surface area contributed by atoms with Crippen LogP contribution < -0.4 is 5.73 Å². The highest BCUT2D eigenvalue weighted by Gasteiger charge is 2.09. The zero-order chi connectivity index (χ0) is 9.61. The second-order valence-electron chi connectivity index (χ2n) is 2.87. The molecule has 0 spiro atoms. The van der Waals surface area contributed by atoms with Gasteiger partial charge in [0.05, 0.1) is 11.5 Å².